The third kappa shape index (κ3) is 4.65. The molecule has 35 heavy (non-hydrogen) atoms. The number of aryl methyl sites for hydroxylation is 3. The van der Waals surface area contributed by atoms with Crippen molar-refractivity contribution in [1.82, 2.24) is 24.5 Å². The summed E-state index contributed by atoms with van der Waals surface area (Å²) in [4.78, 5) is 24.5. The Morgan fingerprint density at radius 2 is 1.86 bits per heavy atom. The SMILES string of the molecule is Bc1cnn2c(NCc3cccnc3)cc(C3CCN(C(=O)c4c(C)cc(C)cc4C)CC3)nc12. The molecule has 0 saturated carbocycles. The summed E-state index contributed by atoms with van der Waals surface area (Å²) in [5.74, 6) is 1.37. The zero-order valence-corrected chi connectivity index (χ0v) is 20.9. The number of nitrogens with one attached hydrogen (secondary N) is 1. The molecule has 1 aliphatic rings. The first-order valence-corrected chi connectivity index (χ1v) is 12.3. The van der Waals surface area contributed by atoms with Crippen molar-refractivity contribution in [3.05, 3.63) is 82.4 Å². The number of pyridine rings is 1. The predicted octanol–water partition coefficient (Wildman–Crippen LogP) is 2.94. The smallest absolute Gasteiger partial charge is 0.254 e. The summed E-state index contributed by atoms with van der Waals surface area (Å²) in [6, 6.07) is 10.3. The summed E-state index contributed by atoms with van der Waals surface area (Å²) >= 11 is 0. The minimum atomic E-state index is 0.146. The van der Waals surface area contributed by atoms with Crippen LogP contribution in [0, 0.1) is 20.8 Å². The van der Waals surface area contributed by atoms with Crippen LogP contribution in [0.5, 0.6) is 0 Å². The molecule has 0 aliphatic carbocycles. The standard InChI is InChI=1S/C27H31BN6O/c1-17-11-18(2)25(19(3)12-17)27(35)33-9-6-21(7-10-33)23-13-24(30-15-20-5-4-8-29-14-20)34-26(32-23)22(28)16-31-34/h4-5,8,11-14,16,21,30H,6-7,9-10,15,28H2,1-3H3. The second kappa shape index (κ2) is 9.52. The van der Waals surface area contributed by atoms with Gasteiger partial charge in [-0.15, -0.1) is 0 Å². The number of hydrogen-bond acceptors (Lipinski definition) is 5. The van der Waals surface area contributed by atoms with Gasteiger partial charge in [-0.3, -0.25) is 9.78 Å². The Balaban J connectivity index is 1.34. The van der Waals surface area contributed by atoms with Crippen LogP contribution in [0.2, 0.25) is 0 Å². The third-order valence-corrected chi connectivity index (χ3v) is 6.96. The quantitative estimate of drug-likeness (QED) is 0.458. The second-order valence-corrected chi connectivity index (χ2v) is 9.68. The molecule has 0 spiro atoms. The maximum atomic E-state index is 13.3. The first kappa shape index (κ1) is 23.1. The third-order valence-electron chi connectivity index (χ3n) is 6.96. The van der Waals surface area contributed by atoms with Crippen molar-refractivity contribution in [3.63, 3.8) is 0 Å². The van der Waals surface area contributed by atoms with E-state index < -0.39 is 0 Å². The molecular formula is C27H31BN6O. The van der Waals surface area contributed by atoms with Gasteiger partial charge < -0.3 is 10.2 Å². The van der Waals surface area contributed by atoms with Gasteiger partial charge in [-0.2, -0.15) is 9.61 Å². The van der Waals surface area contributed by atoms with Crippen molar-refractivity contribution in [1.29, 1.82) is 0 Å². The minimum Gasteiger partial charge on any atom is -0.366 e. The van der Waals surface area contributed by atoms with Crippen LogP contribution in [0.15, 0.2) is 48.9 Å². The molecule has 178 valence electrons. The second-order valence-electron chi connectivity index (χ2n) is 9.68. The zero-order valence-electron chi connectivity index (χ0n) is 20.9. The van der Waals surface area contributed by atoms with Gasteiger partial charge in [-0.05, 0) is 61.8 Å². The van der Waals surface area contributed by atoms with E-state index in [0.717, 1.165) is 70.8 Å². The summed E-state index contributed by atoms with van der Waals surface area (Å²) in [5, 5.41) is 8.05. The number of amides is 1. The first-order chi connectivity index (χ1) is 16.9. The lowest BCUT2D eigenvalue weighted by Gasteiger charge is -2.32. The zero-order chi connectivity index (χ0) is 24.5. The average Bonchev–Trinajstić information content (AvgIpc) is 3.23. The van der Waals surface area contributed by atoms with Crippen LogP contribution in [0.1, 0.15) is 57.1 Å². The molecule has 1 amide bonds. The molecule has 1 aliphatic heterocycles. The highest BCUT2D eigenvalue weighted by atomic mass is 16.2. The maximum Gasteiger partial charge on any atom is 0.254 e. The van der Waals surface area contributed by atoms with Gasteiger partial charge in [0.2, 0.25) is 0 Å². The van der Waals surface area contributed by atoms with Gasteiger partial charge in [0.15, 0.2) is 5.65 Å². The highest BCUT2D eigenvalue weighted by Gasteiger charge is 2.28. The van der Waals surface area contributed by atoms with Gasteiger partial charge in [0.25, 0.3) is 5.91 Å². The number of carbonyl (C=O) groups is 1. The van der Waals surface area contributed by atoms with Gasteiger partial charge in [-0.1, -0.05) is 23.8 Å². The Morgan fingerprint density at radius 3 is 2.54 bits per heavy atom. The predicted molar refractivity (Wildman–Crippen MR) is 141 cm³/mol. The van der Waals surface area contributed by atoms with Crippen LogP contribution in [0.4, 0.5) is 5.82 Å². The minimum absolute atomic E-state index is 0.146. The van der Waals surface area contributed by atoms with Crippen molar-refractivity contribution in [2.45, 2.75) is 46.1 Å². The van der Waals surface area contributed by atoms with E-state index in [-0.39, 0.29) is 5.91 Å². The number of hydrogen-bond donors (Lipinski definition) is 1. The topological polar surface area (TPSA) is 75.4 Å². The molecule has 0 radical (unpaired) electrons. The molecule has 5 rings (SSSR count). The largest absolute Gasteiger partial charge is 0.366 e. The summed E-state index contributed by atoms with van der Waals surface area (Å²) in [6.07, 6.45) is 7.30. The lowest BCUT2D eigenvalue weighted by molar-refractivity contribution is 0.0710. The molecule has 0 unspecified atom stereocenters. The van der Waals surface area contributed by atoms with Crippen LogP contribution in [-0.2, 0) is 6.54 Å². The molecule has 7 nitrogen and oxygen atoms in total. The fourth-order valence-corrected chi connectivity index (χ4v) is 5.18. The number of benzene rings is 1. The number of fused-ring (bicyclic) bond motifs is 1. The maximum absolute atomic E-state index is 13.3. The van der Waals surface area contributed by atoms with E-state index in [0.29, 0.717) is 12.5 Å². The van der Waals surface area contributed by atoms with Crippen molar-refractivity contribution < 1.29 is 4.79 Å². The van der Waals surface area contributed by atoms with E-state index in [9.17, 15) is 4.79 Å². The van der Waals surface area contributed by atoms with Gasteiger partial charge in [0.05, 0.1) is 0 Å². The van der Waals surface area contributed by atoms with Crippen LogP contribution >= 0.6 is 0 Å². The summed E-state index contributed by atoms with van der Waals surface area (Å²) in [7, 11) is 2.04. The molecule has 1 aromatic carbocycles. The number of anilines is 1. The van der Waals surface area contributed by atoms with Crippen molar-refractivity contribution in [2.75, 3.05) is 18.4 Å². The van der Waals surface area contributed by atoms with Crippen LogP contribution in [-0.4, -0.2) is 51.3 Å². The number of likely N-dealkylation sites (tertiary alicyclic amines) is 1. The van der Waals surface area contributed by atoms with Gasteiger partial charge in [-0.25, -0.2) is 4.98 Å². The number of piperidine rings is 1. The molecule has 4 aromatic rings. The van der Waals surface area contributed by atoms with Crippen molar-refractivity contribution in [3.8, 4) is 0 Å². The molecule has 8 heteroatoms. The average molecular weight is 466 g/mol. The van der Waals surface area contributed by atoms with E-state index in [1.807, 2.05) is 49.6 Å². The Morgan fingerprint density at radius 1 is 1.11 bits per heavy atom. The molecule has 1 fully saturated rings. The van der Waals surface area contributed by atoms with E-state index in [2.05, 4.69) is 46.6 Å². The van der Waals surface area contributed by atoms with Gasteiger partial charge in [0, 0.05) is 61.5 Å². The number of aromatic nitrogens is 4. The highest BCUT2D eigenvalue weighted by Crippen LogP contribution is 2.30. The van der Waals surface area contributed by atoms with E-state index in [1.54, 1.807) is 6.20 Å². The van der Waals surface area contributed by atoms with Crippen LogP contribution in [0.25, 0.3) is 5.65 Å². The molecule has 0 atom stereocenters. The van der Waals surface area contributed by atoms with Crippen LogP contribution < -0.4 is 10.8 Å². The normalized spacial score (nSPS) is 14.4. The van der Waals surface area contributed by atoms with Gasteiger partial charge in [0.1, 0.15) is 13.7 Å². The van der Waals surface area contributed by atoms with E-state index in [1.165, 1.54) is 5.56 Å². The Kier molecular flexibility index (Phi) is 6.28. The molecule has 3 aromatic heterocycles. The fraction of sp³-hybridized carbons (Fsp3) is 0.333. The number of rotatable bonds is 5. The van der Waals surface area contributed by atoms with Gasteiger partial charge >= 0.3 is 0 Å². The lowest BCUT2D eigenvalue weighted by atomic mass is 9.91. The molecule has 1 saturated heterocycles. The Labute approximate surface area is 207 Å². The van der Waals surface area contributed by atoms with E-state index in [4.69, 9.17) is 4.98 Å². The summed E-state index contributed by atoms with van der Waals surface area (Å²) in [5.41, 5.74) is 8.26. The molecule has 0 bridgehead atoms. The monoisotopic (exact) mass is 466 g/mol. The molecule has 4 heterocycles. The number of carbonyl (C=O) groups excluding carboxylic acids is 1. The Hall–Kier alpha value is -3.68. The van der Waals surface area contributed by atoms with Crippen molar-refractivity contribution in [2.24, 2.45) is 0 Å². The van der Waals surface area contributed by atoms with Crippen LogP contribution in [0.3, 0.4) is 0 Å². The molecule has 1 N–H and O–H groups in total. The Bertz CT molecular complexity index is 1350. The summed E-state index contributed by atoms with van der Waals surface area (Å²) < 4.78 is 1.87. The highest BCUT2D eigenvalue weighted by molar-refractivity contribution is 6.36. The molecular weight excluding hydrogens is 435 g/mol. The lowest BCUT2D eigenvalue weighted by Crippen LogP contribution is -2.38. The summed E-state index contributed by atoms with van der Waals surface area (Å²) in [6.45, 7) is 8.28. The first-order valence-electron chi connectivity index (χ1n) is 12.3. The number of nitrogens with zero attached hydrogens (tertiary/aromatic N) is 5. The fourth-order valence-electron chi connectivity index (χ4n) is 5.18. The van der Waals surface area contributed by atoms with E-state index >= 15 is 0 Å². The van der Waals surface area contributed by atoms with Crippen molar-refractivity contribution >= 4 is 30.7 Å².